The van der Waals surface area contributed by atoms with Crippen LogP contribution in [0.15, 0.2) is 40.0 Å². The lowest BCUT2D eigenvalue weighted by Gasteiger charge is -2.14. The second-order valence-electron chi connectivity index (χ2n) is 5.84. The maximum absolute atomic E-state index is 13.0. The molecule has 0 amide bonds. The number of nitrogens with one attached hydrogen (secondary N) is 1. The molecular formula is C17H18ClN3O5S. The molecule has 2 aromatic carbocycles. The maximum Gasteiger partial charge on any atom is 0.328 e. The first-order valence-corrected chi connectivity index (χ1v) is 9.65. The van der Waals surface area contributed by atoms with Crippen LogP contribution in [0.4, 0.5) is 5.69 Å². The summed E-state index contributed by atoms with van der Waals surface area (Å²) in [5.74, 6) is 0.782. The van der Waals surface area contributed by atoms with Crippen molar-refractivity contribution in [2.45, 2.75) is 4.90 Å². The molecule has 0 aliphatic heterocycles. The first-order chi connectivity index (χ1) is 12.7. The summed E-state index contributed by atoms with van der Waals surface area (Å²) in [4.78, 5) is 11.9. The van der Waals surface area contributed by atoms with Crippen molar-refractivity contribution in [3.63, 3.8) is 0 Å². The summed E-state index contributed by atoms with van der Waals surface area (Å²) < 4.78 is 41.5. The fourth-order valence-corrected chi connectivity index (χ4v) is 4.40. The van der Waals surface area contributed by atoms with E-state index in [9.17, 15) is 13.2 Å². The van der Waals surface area contributed by atoms with Gasteiger partial charge in [0, 0.05) is 20.2 Å². The van der Waals surface area contributed by atoms with Crippen LogP contribution in [0.3, 0.4) is 0 Å². The van der Waals surface area contributed by atoms with Gasteiger partial charge in [-0.15, -0.1) is 0 Å². The van der Waals surface area contributed by atoms with Gasteiger partial charge in [0.25, 0.3) is 10.0 Å². The van der Waals surface area contributed by atoms with Crippen molar-refractivity contribution in [3.8, 4) is 11.5 Å². The standard InChI is InChI=1S/C17H18ClN3O5S/c1-20-13-8-11(18)16(9-14(13)21(2)17(20)22)27(23,24)19-12-7-10(25-3)5-6-15(12)26-4/h5-9,19H,1-4H3. The third-order valence-corrected chi connectivity index (χ3v) is 6.10. The first-order valence-electron chi connectivity index (χ1n) is 7.79. The van der Waals surface area contributed by atoms with Crippen molar-refractivity contribution in [3.05, 3.63) is 45.8 Å². The number of rotatable bonds is 5. The van der Waals surface area contributed by atoms with Crippen LogP contribution in [-0.4, -0.2) is 31.8 Å². The van der Waals surface area contributed by atoms with E-state index in [1.807, 2.05) is 0 Å². The summed E-state index contributed by atoms with van der Waals surface area (Å²) in [7, 11) is 2.00. The summed E-state index contributed by atoms with van der Waals surface area (Å²) in [6.07, 6.45) is 0. The van der Waals surface area contributed by atoms with Crippen LogP contribution in [0.2, 0.25) is 5.02 Å². The quantitative estimate of drug-likeness (QED) is 0.695. The summed E-state index contributed by atoms with van der Waals surface area (Å²) in [5.41, 5.74) is 0.906. The van der Waals surface area contributed by atoms with Gasteiger partial charge in [-0.1, -0.05) is 11.6 Å². The van der Waals surface area contributed by atoms with E-state index in [0.717, 1.165) is 0 Å². The normalized spacial score (nSPS) is 11.6. The number of nitrogens with zero attached hydrogens (tertiary/aromatic N) is 2. The highest BCUT2D eigenvalue weighted by Gasteiger charge is 2.23. The minimum absolute atomic E-state index is 0.00179. The Kier molecular flexibility index (Phi) is 4.83. The van der Waals surface area contributed by atoms with Gasteiger partial charge in [-0.25, -0.2) is 13.2 Å². The first kappa shape index (κ1) is 19.1. The Hall–Kier alpha value is -2.65. The highest BCUT2D eigenvalue weighted by Crippen LogP contribution is 2.33. The predicted molar refractivity (Wildman–Crippen MR) is 104 cm³/mol. The number of halogens is 1. The summed E-state index contributed by atoms with van der Waals surface area (Å²) in [5, 5.41) is -0.00179. The van der Waals surface area contributed by atoms with E-state index in [-0.39, 0.29) is 21.3 Å². The number of sulfonamides is 1. The number of hydrogen-bond donors (Lipinski definition) is 1. The van der Waals surface area contributed by atoms with Crippen LogP contribution >= 0.6 is 11.6 Å². The van der Waals surface area contributed by atoms with Crippen LogP contribution in [0.25, 0.3) is 11.0 Å². The zero-order valence-electron chi connectivity index (χ0n) is 15.1. The fourth-order valence-electron chi connectivity index (χ4n) is 2.80. The minimum Gasteiger partial charge on any atom is -0.497 e. The molecule has 1 N–H and O–H groups in total. The largest absolute Gasteiger partial charge is 0.497 e. The Bertz CT molecular complexity index is 1200. The van der Waals surface area contributed by atoms with Gasteiger partial charge in [0.15, 0.2) is 0 Å². The van der Waals surface area contributed by atoms with Gasteiger partial charge in [-0.3, -0.25) is 13.9 Å². The Balaban J connectivity index is 2.14. The van der Waals surface area contributed by atoms with Crippen LogP contribution in [0.5, 0.6) is 11.5 Å². The molecule has 0 radical (unpaired) electrons. The Morgan fingerprint density at radius 3 is 2.22 bits per heavy atom. The molecule has 144 valence electrons. The van der Waals surface area contributed by atoms with Gasteiger partial charge in [0.05, 0.1) is 36.0 Å². The summed E-state index contributed by atoms with van der Waals surface area (Å²) in [6.45, 7) is 0. The summed E-state index contributed by atoms with van der Waals surface area (Å²) >= 11 is 6.22. The van der Waals surface area contributed by atoms with Crippen LogP contribution in [0, 0.1) is 0 Å². The maximum atomic E-state index is 13.0. The summed E-state index contributed by atoms with van der Waals surface area (Å²) in [6, 6.07) is 7.56. The Morgan fingerprint density at radius 2 is 1.63 bits per heavy atom. The van der Waals surface area contributed by atoms with Crippen molar-refractivity contribution < 1.29 is 17.9 Å². The highest BCUT2D eigenvalue weighted by molar-refractivity contribution is 7.92. The average Bonchev–Trinajstić information content (AvgIpc) is 2.84. The highest BCUT2D eigenvalue weighted by atomic mass is 35.5. The molecule has 0 saturated heterocycles. The molecule has 3 aromatic rings. The smallest absolute Gasteiger partial charge is 0.328 e. The van der Waals surface area contributed by atoms with Gasteiger partial charge in [-0.2, -0.15) is 0 Å². The zero-order chi connectivity index (χ0) is 19.9. The molecule has 1 aromatic heterocycles. The van der Waals surface area contributed by atoms with E-state index in [1.54, 1.807) is 26.2 Å². The molecule has 0 aliphatic carbocycles. The number of imidazole rings is 1. The topological polar surface area (TPSA) is 91.6 Å². The van der Waals surface area contributed by atoms with Crippen LogP contribution in [0.1, 0.15) is 0 Å². The number of ether oxygens (including phenoxy) is 2. The van der Waals surface area contributed by atoms with Gasteiger partial charge in [0.2, 0.25) is 0 Å². The lowest BCUT2D eigenvalue weighted by Crippen LogP contribution is -2.19. The number of anilines is 1. The minimum atomic E-state index is -4.06. The number of aryl methyl sites for hydroxylation is 2. The molecular weight excluding hydrogens is 394 g/mol. The molecule has 0 aliphatic rings. The van der Waals surface area contributed by atoms with E-state index in [4.69, 9.17) is 21.1 Å². The molecule has 0 saturated carbocycles. The fraction of sp³-hybridized carbons (Fsp3) is 0.235. The molecule has 0 bridgehead atoms. The number of aromatic nitrogens is 2. The average molecular weight is 412 g/mol. The number of methoxy groups -OCH3 is 2. The molecule has 3 rings (SSSR count). The van der Waals surface area contributed by atoms with Crippen molar-refractivity contribution in [2.24, 2.45) is 14.1 Å². The molecule has 0 atom stereocenters. The predicted octanol–water partition coefficient (Wildman–Crippen LogP) is 2.35. The third-order valence-electron chi connectivity index (χ3n) is 4.27. The van der Waals surface area contributed by atoms with E-state index >= 15 is 0 Å². The second kappa shape index (κ2) is 6.82. The molecule has 1 heterocycles. The van der Waals surface area contributed by atoms with Gasteiger partial charge < -0.3 is 9.47 Å². The lowest BCUT2D eigenvalue weighted by atomic mass is 10.3. The second-order valence-corrected chi connectivity index (χ2v) is 7.90. The van der Waals surface area contributed by atoms with Gasteiger partial charge in [-0.05, 0) is 24.3 Å². The van der Waals surface area contributed by atoms with Gasteiger partial charge in [0.1, 0.15) is 16.4 Å². The Morgan fingerprint density at radius 1 is 1.00 bits per heavy atom. The number of benzene rings is 2. The molecule has 0 unspecified atom stereocenters. The number of hydrogen-bond acceptors (Lipinski definition) is 5. The SMILES string of the molecule is COc1ccc(OC)c(NS(=O)(=O)c2cc3c(cc2Cl)n(C)c(=O)n3C)c1. The molecule has 10 heteroatoms. The Labute approximate surface area is 160 Å². The molecule has 8 nitrogen and oxygen atoms in total. The third kappa shape index (κ3) is 3.24. The molecule has 0 fully saturated rings. The molecule has 0 spiro atoms. The van der Waals surface area contributed by atoms with Crippen molar-refractivity contribution >= 4 is 38.3 Å². The zero-order valence-corrected chi connectivity index (χ0v) is 16.7. The van der Waals surface area contributed by atoms with Crippen molar-refractivity contribution in [2.75, 3.05) is 18.9 Å². The van der Waals surface area contributed by atoms with Gasteiger partial charge >= 0.3 is 5.69 Å². The van der Waals surface area contributed by atoms with E-state index in [1.165, 1.54) is 41.6 Å². The number of fused-ring (bicyclic) bond motifs is 1. The van der Waals surface area contributed by atoms with Crippen molar-refractivity contribution in [1.29, 1.82) is 0 Å². The van der Waals surface area contributed by atoms with Crippen molar-refractivity contribution in [1.82, 2.24) is 9.13 Å². The van der Waals surface area contributed by atoms with E-state index in [2.05, 4.69) is 4.72 Å². The molecule has 27 heavy (non-hydrogen) atoms. The van der Waals surface area contributed by atoms with Crippen LogP contribution < -0.4 is 19.9 Å². The van der Waals surface area contributed by atoms with E-state index in [0.29, 0.717) is 22.5 Å². The van der Waals surface area contributed by atoms with Crippen LogP contribution in [-0.2, 0) is 24.1 Å². The lowest BCUT2D eigenvalue weighted by molar-refractivity contribution is 0.405. The van der Waals surface area contributed by atoms with E-state index < -0.39 is 10.0 Å². The monoisotopic (exact) mass is 411 g/mol.